The lowest BCUT2D eigenvalue weighted by atomic mass is 9.85. The van der Waals surface area contributed by atoms with Crippen LogP contribution in [0.2, 0.25) is 0 Å². The van der Waals surface area contributed by atoms with Crippen LogP contribution in [0, 0.1) is 5.82 Å². The summed E-state index contributed by atoms with van der Waals surface area (Å²) in [5.41, 5.74) is -7.78. The lowest BCUT2D eigenvalue weighted by Crippen LogP contribution is -2.62. The second-order valence-corrected chi connectivity index (χ2v) is 6.14. The van der Waals surface area contributed by atoms with Crippen molar-refractivity contribution in [2.75, 3.05) is 0 Å². The topological polar surface area (TPSA) is 49.3 Å². The largest absolute Gasteiger partial charge is 0.457 e. The molecule has 2 aromatic rings. The van der Waals surface area contributed by atoms with Crippen LogP contribution in [0.25, 0.3) is 0 Å². The predicted octanol–water partition coefficient (Wildman–Crippen LogP) is 4.55. The van der Waals surface area contributed by atoms with Crippen molar-refractivity contribution in [3.63, 3.8) is 0 Å². The van der Waals surface area contributed by atoms with Crippen molar-refractivity contribution >= 4 is 5.91 Å². The summed E-state index contributed by atoms with van der Waals surface area (Å²) in [7, 11) is 0. The fraction of sp³-hybridized carbons (Fsp3) is 0.278. The first kappa shape index (κ1) is 23.5. The summed E-state index contributed by atoms with van der Waals surface area (Å²) in [5, 5.41) is 11.6. The third-order valence-electron chi connectivity index (χ3n) is 4.14. The summed E-state index contributed by atoms with van der Waals surface area (Å²) in [6.07, 6.45) is -11.3. The van der Waals surface area contributed by atoms with E-state index in [1.54, 1.807) is 0 Å². The fourth-order valence-electron chi connectivity index (χ4n) is 2.53. The van der Waals surface area contributed by atoms with E-state index in [2.05, 4.69) is 0 Å². The van der Waals surface area contributed by atoms with Crippen LogP contribution in [0.5, 0.6) is 0 Å². The van der Waals surface area contributed by atoms with Crippen LogP contribution >= 0.6 is 0 Å². The summed E-state index contributed by atoms with van der Waals surface area (Å²) in [4.78, 5) is 12.2. The summed E-state index contributed by atoms with van der Waals surface area (Å²) in [6, 6.07) is 5.44. The quantitative estimate of drug-likeness (QED) is 0.664. The Balaban J connectivity index is 2.42. The van der Waals surface area contributed by atoms with Gasteiger partial charge in [-0.25, -0.2) is 4.39 Å². The van der Waals surface area contributed by atoms with Crippen molar-refractivity contribution in [2.24, 2.45) is 0 Å². The van der Waals surface area contributed by atoms with Gasteiger partial charge in [-0.2, -0.15) is 35.1 Å². The number of halogens is 9. The molecular formula is C18H12F9NO2. The number of carbonyl (C=O) groups is 1. The molecule has 0 saturated carbocycles. The molecule has 2 rings (SSSR count). The van der Waals surface area contributed by atoms with E-state index in [9.17, 15) is 49.4 Å². The summed E-state index contributed by atoms with van der Waals surface area (Å²) >= 11 is 0. The van der Waals surface area contributed by atoms with Gasteiger partial charge in [0.2, 0.25) is 5.60 Å². The molecule has 3 nitrogen and oxygen atoms in total. The average molecular weight is 445 g/mol. The van der Waals surface area contributed by atoms with Crippen molar-refractivity contribution in [2.45, 2.75) is 30.4 Å². The van der Waals surface area contributed by atoms with Crippen molar-refractivity contribution in [3.05, 3.63) is 71.0 Å². The first-order valence-electron chi connectivity index (χ1n) is 7.98. The number of benzene rings is 2. The van der Waals surface area contributed by atoms with Gasteiger partial charge in [0, 0.05) is 12.1 Å². The van der Waals surface area contributed by atoms with Gasteiger partial charge in [-0.05, 0) is 23.8 Å². The normalized spacial score (nSPS) is 14.9. The molecule has 0 bridgehead atoms. The maximum atomic E-state index is 14.1. The molecule has 1 atom stereocenters. The van der Waals surface area contributed by atoms with Crippen LogP contribution in [0.1, 0.15) is 16.7 Å². The van der Waals surface area contributed by atoms with E-state index in [1.165, 1.54) is 11.4 Å². The van der Waals surface area contributed by atoms with Gasteiger partial charge in [0.25, 0.3) is 5.91 Å². The third kappa shape index (κ3) is 4.23. The Morgan fingerprint density at radius 1 is 0.867 bits per heavy atom. The number of alkyl halides is 8. The Labute approximate surface area is 163 Å². The zero-order chi connectivity index (χ0) is 23.0. The Kier molecular flexibility index (Phi) is 6.13. The lowest BCUT2D eigenvalue weighted by Gasteiger charge is -2.35. The Hall–Kier alpha value is -2.76. The minimum Gasteiger partial charge on any atom is -0.370 e. The zero-order valence-corrected chi connectivity index (χ0v) is 14.6. The van der Waals surface area contributed by atoms with E-state index >= 15 is 0 Å². The first-order valence-corrected chi connectivity index (χ1v) is 7.98. The molecule has 0 aliphatic rings. The molecule has 2 N–H and O–H groups in total. The van der Waals surface area contributed by atoms with E-state index in [0.717, 1.165) is 12.1 Å². The van der Waals surface area contributed by atoms with E-state index in [0.29, 0.717) is 24.3 Å². The van der Waals surface area contributed by atoms with Gasteiger partial charge in [0.1, 0.15) is 5.82 Å². The smallest absolute Gasteiger partial charge is 0.370 e. The number of rotatable bonds is 5. The summed E-state index contributed by atoms with van der Waals surface area (Å²) < 4.78 is 119. The molecule has 0 heterocycles. The van der Waals surface area contributed by atoms with Gasteiger partial charge in [-0.3, -0.25) is 4.79 Å². The highest BCUT2D eigenvalue weighted by molar-refractivity contribution is 5.87. The third-order valence-corrected chi connectivity index (χ3v) is 4.14. The first-order chi connectivity index (χ1) is 13.6. The molecule has 1 amide bonds. The monoisotopic (exact) mass is 445 g/mol. The number of hydrogen-bond donors (Lipinski definition) is 2. The fourth-order valence-corrected chi connectivity index (χ4v) is 2.53. The minimum absolute atomic E-state index is 0.249. The number of amides is 1. The Morgan fingerprint density at radius 2 is 1.43 bits per heavy atom. The molecule has 0 aliphatic heterocycles. The van der Waals surface area contributed by atoms with E-state index in [1.807, 2.05) is 0 Å². The Bertz CT molecular complexity index is 910. The van der Waals surface area contributed by atoms with Gasteiger partial charge >= 0.3 is 18.3 Å². The second-order valence-electron chi connectivity index (χ2n) is 6.14. The highest BCUT2D eigenvalue weighted by atomic mass is 19.4. The Morgan fingerprint density at radius 3 is 1.93 bits per heavy atom. The van der Waals surface area contributed by atoms with Crippen molar-refractivity contribution in [1.82, 2.24) is 5.32 Å². The molecule has 0 fully saturated rings. The van der Waals surface area contributed by atoms with Crippen LogP contribution in [-0.4, -0.2) is 23.1 Å². The highest BCUT2D eigenvalue weighted by Crippen LogP contribution is 2.48. The maximum Gasteiger partial charge on any atom is 0.457 e. The molecule has 2 aromatic carbocycles. The van der Waals surface area contributed by atoms with Gasteiger partial charge in [0.05, 0.1) is 5.56 Å². The zero-order valence-electron chi connectivity index (χ0n) is 14.6. The van der Waals surface area contributed by atoms with Crippen LogP contribution < -0.4 is 5.32 Å². The molecule has 12 heteroatoms. The van der Waals surface area contributed by atoms with E-state index < -0.39 is 58.8 Å². The van der Waals surface area contributed by atoms with Crippen LogP contribution in [0.3, 0.4) is 0 Å². The second kappa shape index (κ2) is 7.82. The summed E-state index contributed by atoms with van der Waals surface area (Å²) in [6.45, 7) is -1.20. The molecule has 0 unspecified atom stereocenters. The molecular weight excluding hydrogens is 433 g/mol. The van der Waals surface area contributed by atoms with Gasteiger partial charge in [0.15, 0.2) is 0 Å². The number of hydrogen-bond acceptors (Lipinski definition) is 2. The predicted molar refractivity (Wildman–Crippen MR) is 84.6 cm³/mol. The van der Waals surface area contributed by atoms with Gasteiger partial charge < -0.3 is 10.4 Å². The van der Waals surface area contributed by atoms with Crippen molar-refractivity contribution < 1.29 is 49.4 Å². The van der Waals surface area contributed by atoms with E-state index in [-0.39, 0.29) is 6.07 Å². The summed E-state index contributed by atoms with van der Waals surface area (Å²) in [5.74, 6) is -9.56. The molecule has 0 spiro atoms. The molecule has 164 valence electrons. The lowest BCUT2D eigenvalue weighted by molar-refractivity contribution is -0.337. The molecule has 0 radical (unpaired) electrons. The molecule has 0 aromatic heterocycles. The maximum absolute atomic E-state index is 14.1. The molecule has 0 aliphatic carbocycles. The number of aliphatic hydroxyl groups is 1. The molecule has 30 heavy (non-hydrogen) atoms. The van der Waals surface area contributed by atoms with Gasteiger partial charge in [-0.1, -0.05) is 30.3 Å². The molecule has 0 saturated heterocycles. The van der Waals surface area contributed by atoms with Crippen molar-refractivity contribution in [3.8, 4) is 0 Å². The number of carbonyl (C=O) groups excluding carboxylic acids is 1. The highest BCUT2D eigenvalue weighted by Gasteiger charge is 2.73. The minimum atomic E-state index is -6.36. The average Bonchev–Trinajstić information content (AvgIpc) is 2.65. The van der Waals surface area contributed by atoms with Crippen LogP contribution in [0.4, 0.5) is 39.5 Å². The van der Waals surface area contributed by atoms with Crippen LogP contribution in [0.15, 0.2) is 48.5 Å². The van der Waals surface area contributed by atoms with Crippen molar-refractivity contribution in [1.29, 1.82) is 0 Å². The van der Waals surface area contributed by atoms with E-state index in [4.69, 9.17) is 0 Å². The SMILES string of the molecule is O=C(NCc1cc(C(F)(F)F)ccc1F)[C@@](O)(c1ccccc1)C(F)(F)C(F)(F)F. The standard InChI is InChI=1S/C18H12F9NO2/c19-13-7-6-12(16(20,21)22)8-10(13)9-28-14(29)15(30,11-4-2-1-3-5-11)17(23,24)18(25,26)27/h1-8,30H,9H2,(H,28,29)/t15-/m0/s1. The number of nitrogens with one attached hydrogen (secondary N) is 1. The van der Waals surface area contributed by atoms with Gasteiger partial charge in [-0.15, -0.1) is 0 Å². The van der Waals surface area contributed by atoms with Crippen LogP contribution in [-0.2, 0) is 23.1 Å².